The van der Waals surface area contributed by atoms with E-state index in [1.54, 1.807) is 6.07 Å². The first-order valence-electron chi connectivity index (χ1n) is 8.98. The van der Waals surface area contributed by atoms with E-state index in [1.807, 2.05) is 0 Å². The molecule has 1 aromatic rings. The van der Waals surface area contributed by atoms with Crippen molar-refractivity contribution in [3.8, 4) is 11.5 Å². The van der Waals surface area contributed by atoms with Crippen LogP contribution in [-0.2, 0) is 11.0 Å². The fourth-order valence-corrected chi connectivity index (χ4v) is 6.25. The molecule has 26 heavy (non-hydrogen) atoms. The van der Waals surface area contributed by atoms with Crippen molar-refractivity contribution in [2.24, 2.45) is 17.3 Å². The Morgan fingerprint density at radius 3 is 2.62 bits per heavy atom. The maximum absolute atomic E-state index is 11.4. The number of hydrogen-bond acceptors (Lipinski definition) is 4. The molecule has 1 aromatic carbocycles. The van der Waals surface area contributed by atoms with Gasteiger partial charge in [-0.3, -0.25) is 9.79 Å². The predicted octanol–water partition coefficient (Wildman–Crippen LogP) is 2.43. The van der Waals surface area contributed by atoms with Gasteiger partial charge in [-0.1, -0.05) is 6.92 Å². The molecule has 0 bridgehead atoms. The van der Waals surface area contributed by atoms with Gasteiger partial charge in [-0.05, 0) is 73.3 Å². The van der Waals surface area contributed by atoms with Crippen LogP contribution in [0.4, 0.5) is 0 Å². The van der Waals surface area contributed by atoms with Gasteiger partial charge in [0, 0.05) is 11.6 Å². The molecule has 0 radical (unpaired) electrons. The Bertz CT molecular complexity index is 749. The molecule has 4 N–H and O–H groups in total. The van der Waals surface area contributed by atoms with E-state index in [-0.39, 0.29) is 58.5 Å². The van der Waals surface area contributed by atoms with E-state index < -0.39 is 7.82 Å². The molecule has 3 aliphatic rings. The van der Waals surface area contributed by atoms with Gasteiger partial charge in [0.2, 0.25) is 0 Å². The Kier molecular flexibility index (Phi) is 5.62. The van der Waals surface area contributed by atoms with E-state index in [0.29, 0.717) is 11.8 Å². The first-order chi connectivity index (χ1) is 11.7. The van der Waals surface area contributed by atoms with Crippen molar-refractivity contribution in [1.82, 2.24) is 0 Å². The predicted molar refractivity (Wildman–Crippen MR) is 98.6 cm³/mol. The minimum absolute atomic E-state index is 0. The van der Waals surface area contributed by atoms with Crippen LogP contribution in [-0.4, -0.2) is 55.7 Å². The topological polar surface area (TPSA) is 107 Å². The van der Waals surface area contributed by atoms with Crippen LogP contribution >= 0.6 is 7.82 Å². The number of aliphatic hydroxyl groups is 1. The van der Waals surface area contributed by atoms with Crippen LogP contribution in [0.1, 0.15) is 56.1 Å². The molecule has 2 saturated carbocycles. The number of phosphoric acid groups is 1. The van der Waals surface area contributed by atoms with Crippen molar-refractivity contribution in [2.75, 3.05) is 0 Å². The van der Waals surface area contributed by atoms with Crippen LogP contribution in [0.15, 0.2) is 12.1 Å². The number of fused-ring (bicyclic) bond motifs is 5. The van der Waals surface area contributed by atoms with E-state index in [1.165, 1.54) is 6.07 Å². The Labute approximate surface area is 175 Å². The van der Waals surface area contributed by atoms with Crippen LogP contribution in [0.2, 0.25) is 0 Å². The number of phosphoric ester groups is 1. The van der Waals surface area contributed by atoms with Crippen molar-refractivity contribution < 1.29 is 29.1 Å². The van der Waals surface area contributed by atoms with Crippen molar-refractivity contribution >= 4 is 37.4 Å². The van der Waals surface area contributed by atoms with Gasteiger partial charge in [0.1, 0.15) is 11.5 Å². The zero-order chi connectivity index (χ0) is 18.0. The summed E-state index contributed by atoms with van der Waals surface area (Å²) in [5, 5.41) is 20.4. The molecule has 4 rings (SSSR count). The van der Waals surface area contributed by atoms with Crippen molar-refractivity contribution in [1.29, 1.82) is 0 Å². The van der Waals surface area contributed by atoms with E-state index >= 15 is 0 Å². The third-order valence-electron chi connectivity index (χ3n) is 6.93. The van der Waals surface area contributed by atoms with Crippen LogP contribution in [0.3, 0.4) is 0 Å². The third kappa shape index (κ3) is 3.39. The molecule has 5 atom stereocenters. The van der Waals surface area contributed by atoms with Crippen molar-refractivity contribution in [3.05, 3.63) is 23.3 Å². The molecule has 0 saturated heterocycles. The monoisotopic (exact) mass is 392 g/mol. The maximum atomic E-state index is 11.4. The second-order valence-electron chi connectivity index (χ2n) is 8.15. The second-order valence-corrected chi connectivity index (χ2v) is 9.32. The fraction of sp³-hybridized carbons (Fsp3) is 0.667. The van der Waals surface area contributed by atoms with Gasteiger partial charge in [-0.25, -0.2) is 4.57 Å². The Morgan fingerprint density at radius 1 is 1.19 bits per heavy atom. The van der Waals surface area contributed by atoms with Gasteiger partial charge < -0.3 is 14.7 Å². The average molecular weight is 392 g/mol. The number of aromatic hydroxyl groups is 1. The van der Waals surface area contributed by atoms with E-state index in [9.17, 15) is 24.6 Å². The summed E-state index contributed by atoms with van der Waals surface area (Å²) in [6.07, 6.45) is 5.07. The average Bonchev–Trinajstić information content (AvgIpc) is 2.80. The zero-order valence-electron chi connectivity index (χ0n) is 14.3. The van der Waals surface area contributed by atoms with Crippen molar-refractivity contribution in [2.45, 2.75) is 57.5 Å². The number of rotatable bonds is 2. The van der Waals surface area contributed by atoms with Crippen LogP contribution in [0.5, 0.6) is 11.5 Å². The molecule has 0 heterocycles. The Hall–Kier alpha value is -0.0700. The molecular weight excluding hydrogens is 366 g/mol. The van der Waals surface area contributed by atoms with Gasteiger partial charge in [0.25, 0.3) is 0 Å². The van der Waals surface area contributed by atoms with Crippen molar-refractivity contribution in [3.63, 3.8) is 0 Å². The molecule has 8 heteroatoms. The summed E-state index contributed by atoms with van der Waals surface area (Å²) in [5.41, 5.74) is 1.72. The molecule has 2 fully saturated rings. The summed E-state index contributed by atoms with van der Waals surface area (Å²) in [6.45, 7) is 2.19. The minimum atomic E-state index is -4.70. The molecule has 0 aliphatic heterocycles. The van der Waals surface area contributed by atoms with Crippen LogP contribution in [0, 0.1) is 17.3 Å². The summed E-state index contributed by atoms with van der Waals surface area (Å²) in [7, 11) is -4.70. The molecule has 0 amide bonds. The van der Waals surface area contributed by atoms with Gasteiger partial charge in [-0.15, -0.1) is 0 Å². The summed E-state index contributed by atoms with van der Waals surface area (Å²) < 4.78 is 16.3. The number of benzene rings is 1. The number of hydrogen-bond donors (Lipinski definition) is 4. The number of aryl methyl sites for hydroxylation is 1. The molecule has 3 aliphatic carbocycles. The zero-order valence-corrected chi connectivity index (χ0v) is 15.2. The molecule has 0 unspecified atom stereocenters. The Balaban J connectivity index is 0.00000196. The van der Waals surface area contributed by atoms with Gasteiger partial charge in [-0.2, -0.15) is 0 Å². The van der Waals surface area contributed by atoms with E-state index in [2.05, 4.69) is 6.92 Å². The molecular formula is C18H26NaO6P. The van der Waals surface area contributed by atoms with Gasteiger partial charge >= 0.3 is 37.4 Å². The second kappa shape index (κ2) is 7.07. The molecule has 0 aromatic heterocycles. The van der Waals surface area contributed by atoms with Crippen LogP contribution < -0.4 is 4.52 Å². The summed E-state index contributed by atoms with van der Waals surface area (Å²) in [6, 6.07) is 3.01. The molecule has 6 nitrogen and oxygen atoms in total. The van der Waals surface area contributed by atoms with E-state index in [0.717, 1.165) is 49.7 Å². The molecule has 140 valence electrons. The fourth-order valence-electron chi connectivity index (χ4n) is 5.84. The third-order valence-corrected chi connectivity index (χ3v) is 7.37. The van der Waals surface area contributed by atoms with Crippen LogP contribution in [0.25, 0.3) is 0 Å². The first kappa shape index (κ1) is 20.7. The number of aliphatic hydroxyl groups excluding tert-OH is 1. The summed E-state index contributed by atoms with van der Waals surface area (Å²) in [4.78, 5) is 18.5. The summed E-state index contributed by atoms with van der Waals surface area (Å²) in [5.74, 6) is 1.05. The SMILES string of the molecule is C[C@]12CC[C@@H]3c4c(cc(O)cc4OP(=O)(O)O)CC[C@H]3[C@@H]1CC[C@H]2O.[NaH]. The van der Waals surface area contributed by atoms with Gasteiger partial charge in [0.15, 0.2) is 0 Å². The van der Waals surface area contributed by atoms with Gasteiger partial charge in [0.05, 0.1) is 6.10 Å². The quantitative estimate of drug-likeness (QED) is 0.455. The first-order valence-corrected chi connectivity index (χ1v) is 10.5. The normalized spacial score (nSPS) is 35.7. The summed E-state index contributed by atoms with van der Waals surface area (Å²) >= 11 is 0. The Morgan fingerprint density at radius 2 is 1.92 bits per heavy atom. The number of phenols is 1. The molecule has 0 spiro atoms. The standard InChI is InChI=1S/C18H25O6P.Na.H/c1-18-7-6-13-12(14(18)4-5-16(18)20)3-2-10-8-11(19)9-15(17(10)13)24-25(21,22)23;;/h8-9,12-14,16,19-20H,2-7H2,1H3,(H2,21,22,23);;/t12-,13+,14+,16-,18+;;/m1../s1. The van der Waals surface area contributed by atoms with E-state index in [4.69, 9.17) is 4.52 Å². The number of phenolic OH excluding ortho intramolecular Hbond substituents is 1.